The van der Waals surface area contributed by atoms with Crippen molar-refractivity contribution in [2.75, 3.05) is 13.1 Å². The first-order valence-corrected chi connectivity index (χ1v) is 6.27. The lowest BCUT2D eigenvalue weighted by atomic mass is 9.91. The molecule has 0 amide bonds. The lowest BCUT2D eigenvalue weighted by Gasteiger charge is -2.45. The third-order valence-corrected chi connectivity index (χ3v) is 3.15. The fraction of sp³-hybridized carbons (Fsp3) is 0.833. The summed E-state index contributed by atoms with van der Waals surface area (Å²) < 4.78 is 5.19. The molecule has 17 heavy (non-hydrogen) atoms. The molecule has 2 rings (SSSR count). The molecule has 96 valence electrons. The summed E-state index contributed by atoms with van der Waals surface area (Å²) >= 11 is 0. The molecule has 0 saturated carbocycles. The summed E-state index contributed by atoms with van der Waals surface area (Å²) in [6, 6.07) is 0. The van der Waals surface area contributed by atoms with E-state index in [2.05, 4.69) is 28.9 Å². The Morgan fingerprint density at radius 2 is 2.18 bits per heavy atom. The maximum Gasteiger partial charge on any atom is 0.240 e. The number of nitrogens with zero attached hydrogens (tertiary/aromatic N) is 3. The van der Waals surface area contributed by atoms with Gasteiger partial charge < -0.3 is 9.63 Å². The Morgan fingerprint density at radius 1 is 1.47 bits per heavy atom. The molecule has 0 atom stereocenters. The molecule has 1 N–H and O–H groups in total. The van der Waals surface area contributed by atoms with Gasteiger partial charge in [-0.1, -0.05) is 25.9 Å². The molecule has 0 spiro atoms. The lowest BCUT2D eigenvalue weighted by molar-refractivity contribution is -0.106. The van der Waals surface area contributed by atoms with Crippen molar-refractivity contribution >= 4 is 0 Å². The molecule has 1 fully saturated rings. The van der Waals surface area contributed by atoms with Crippen molar-refractivity contribution in [1.82, 2.24) is 15.0 Å². The van der Waals surface area contributed by atoms with Crippen LogP contribution in [-0.2, 0) is 13.0 Å². The van der Waals surface area contributed by atoms with Crippen LogP contribution in [-0.4, -0.2) is 38.8 Å². The average Bonchev–Trinajstić information content (AvgIpc) is 2.62. The maximum absolute atomic E-state index is 9.88. The van der Waals surface area contributed by atoms with E-state index in [1.54, 1.807) is 0 Å². The van der Waals surface area contributed by atoms with Gasteiger partial charge in [-0.15, -0.1) is 0 Å². The number of hydrogen-bond donors (Lipinski definition) is 1. The molecule has 0 aromatic carbocycles. The van der Waals surface area contributed by atoms with Gasteiger partial charge in [-0.05, 0) is 12.3 Å². The summed E-state index contributed by atoms with van der Waals surface area (Å²) in [4.78, 5) is 6.47. The Kier molecular flexibility index (Phi) is 3.49. The molecular formula is C12H21N3O2. The number of rotatable bonds is 5. The molecule has 0 radical (unpaired) electrons. The van der Waals surface area contributed by atoms with Crippen molar-refractivity contribution in [2.24, 2.45) is 5.92 Å². The van der Waals surface area contributed by atoms with Crippen LogP contribution in [0.25, 0.3) is 0 Å². The molecule has 1 aromatic heterocycles. The summed E-state index contributed by atoms with van der Waals surface area (Å²) in [6.45, 7) is 8.31. The van der Waals surface area contributed by atoms with E-state index in [1.165, 1.54) is 0 Å². The standard InChI is InChI=1S/C12H21N3O2/c1-4-12(16)7-15(8-12)6-11-13-10(14-17-11)5-9(2)3/h9,16H,4-8H2,1-3H3. The van der Waals surface area contributed by atoms with Crippen LogP contribution in [0, 0.1) is 5.92 Å². The van der Waals surface area contributed by atoms with E-state index < -0.39 is 5.60 Å². The van der Waals surface area contributed by atoms with Crippen molar-refractivity contribution in [3.05, 3.63) is 11.7 Å². The number of β-amino-alcohol motifs (C(OH)–C–C–N with tert-alkyl or cyclic N) is 1. The second-order valence-corrected chi connectivity index (χ2v) is 5.43. The highest BCUT2D eigenvalue weighted by Gasteiger charge is 2.39. The van der Waals surface area contributed by atoms with Crippen LogP contribution < -0.4 is 0 Å². The largest absolute Gasteiger partial charge is 0.387 e. The highest BCUT2D eigenvalue weighted by molar-refractivity contribution is 4.97. The van der Waals surface area contributed by atoms with Gasteiger partial charge in [0, 0.05) is 19.5 Å². The molecule has 1 saturated heterocycles. The van der Waals surface area contributed by atoms with E-state index in [1.807, 2.05) is 6.92 Å². The van der Waals surface area contributed by atoms with Gasteiger partial charge in [-0.2, -0.15) is 4.98 Å². The Bertz CT molecular complexity index is 370. The molecule has 5 nitrogen and oxygen atoms in total. The van der Waals surface area contributed by atoms with Crippen LogP contribution in [0.3, 0.4) is 0 Å². The van der Waals surface area contributed by atoms with Gasteiger partial charge in [0.15, 0.2) is 5.82 Å². The van der Waals surface area contributed by atoms with Crippen LogP contribution in [0.5, 0.6) is 0 Å². The van der Waals surface area contributed by atoms with Gasteiger partial charge in [-0.3, -0.25) is 4.90 Å². The molecule has 0 aliphatic carbocycles. The van der Waals surface area contributed by atoms with E-state index in [9.17, 15) is 5.11 Å². The number of hydrogen-bond acceptors (Lipinski definition) is 5. The molecule has 1 aliphatic rings. The van der Waals surface area contributed by atoms with Gasteiger partial charge in [-0.25, -0.2) is 0 Å². The predicted octanol–water partition coefficient (Wildman–Crippen LogP) is 1.22. The lowest BCUT2D eigenvalue weighted by Crippen LogP contribution is -2.60. The molecule has 0 unspecified atom stereocenters. The van der Waals surface area contributed by atoms with Crippen molar-refractivity contribution in [1.29, 1.82) is 0 Å². The highest BCUT2D eigenvalue weighted by Crippen LogP contribution is 2.25. The van der Waals surface area contributed by atoms with Crippen molar-refractivity contribution in [3.8, 4) is 0 Å². The molecule has 0 bridgehead atoms. The second-order valence-electron chi connectivity index (χ2n) is 5.43. The molecule has 1 aromatic rings. The highest BCUT2D eigenvalue weighted by atomic mass is 16.5. The quantitative estimate of drug-likeness (QED) is 0.837. The van der Waals surface area contributed by atoms with E-state index in [0.29, 0.717) is 31.4 Å². The normalized spacial score (nSPS) is 19.6. The number of aliphatic hydroxyl groups is 1. The fourth-order valence-electron chi connectivity index (χ4n) is 2.12. The van der Waals surface area contributed by atoms with Crippen molar-refractivity contribution < 1.29 is 9.63 Å². The summed E-state index contributed by atoms with van der Waals surface area (Å²) in [5, 5.41) is 13.8. The third kappa shape index (κ3) is 3.04. The Balaban J connectivity index is 1.82. The van der Waals surface area contributed by atoms with Crippen LogP contribution in [0.2, 0.25) is 0 Å². The predicted molar refractivity (Wildman–Crippen MR) is 63.4 cm³/mol. The van der Waals surface area contributed by atoms with Crippen molar-refractivity contribution in [2.45, 2.75) is 45.8 Å². The monoisotopic (exact) mass is 239 g/mol. The second kappa shape index (κ2) is 4.74. The van der Waals surface area contributed by atoms with E-state index in [-0.39, 0.29) is 0 Å². The summed E-state index contributed by atoms with van der Waals surface area (Å²) in [7, 11) is 0. The number of likely N-dealkylation sites (tertiary alicyclic amines) is 1. The zero-order chi connectivity index (χ0) is 12.5. The van der Waals surface area contributed by atoms with Crippen LogP contribution in [0.15, 0.2) is 4.52 Å². The van der Waals surface area contributed by atoms with Crippen LogP contribution >= 0.6 is 0 Å². The molecule has 5 heteroatoms. The third-order valence-electron chi connectivity index (χ3n) is 3.15. The van der Waals surface area contributed by atoms with Gasteiger partial charge in [0.25, 0.3) is 0 Å². The first kappa shape index (κ1) is 12.5. The minimum absolute atomic E-state index is 0.499. The van der Waals surface area contributed by atoms with Gasteiger partial charge >= 0.3 is 0 Å². The van der Waals surface area contributed by atoms with Crippen LogP contribution in [0.4, 0.5) is 0 Å². The van der Waals surface area contributed by atoms with Crippen LogP contribution in [0.1, 0.15) is 38.9 Å². The SMILES string of the molecule is CCC1(O)CN(Cc2nc(CC(C)C)no2)C1. The Morgan fingerprint density at radius 3 is 2.76 bits per heavy atom. The molecular weight excluding hydrogens is 218 g/mol. The van der Waals surface area contributed by atoms with E-state index >= 15 is 0 Å². The minimum Gasteiger partial charge on any atom is -0.387 e. The maximum atomic E-state index is 9.88. The number of aromatic nitrogens is 2. The molecule has 1 aliphatic heterocycles. The first-order chi connectivity index (χ1) is 8.00. The van der Waals surface area contributed by atoms with Gasteiger partial charge in [0.1, 0.15) is 0 Å². The average molecular weight is 239 g/mol. The van der Waals surface area contributed by atoms with Crippen molar-refractivity contribution in [3.63, 3.8) is 0 Å². The summed E-state index contributed by atoms with van der Waals surface area (Å²) in [6.07, 6.45) is 1.65. The first-order valence-electron chi connectivity index (χ1n) is 6.27. The summed E-state index contributed by atoms with van der Waals surface area (Å²) in [5.74, 6) is 1.97. The summed E-state index contributed by atoms with van der Waals surface area (Å²) in [5.41, 5.74) is -0.499. The smallest absolute Gasteiger partial charge is 0.240 e. The van der Waals surface area contributed by atoms with E-state index in [4.69, 9.17) is 4.52 Å². The fourth-order valence-corrected chi connectivity index (χ4v) is 2.12. The Hall–Kier alpha value is -0.940. The topological polar surface area (TPSA) is 62.4 Å². The zero-order valence-corrected chi connectivity index (χ0v) is 10.8. The zero-order valence-electron chi connectivity index (χ0n) is 10.8. The van der Waals surface area contributed by atoms with Gasteiger partial charge in [0.05, 0.1) is 12.1 Å². The van der Waals surface area contributed by atoms with Gasteiger partial charge in [0.2, 0.25) is 5.89 Å². The Labute approximate surface area is 102 Å². The molecule has 2 heterocycles. The van der Waals surface area contributed by atoms with E-state index in [0.717, 1.165) is 18.7 Å². The minimum atomic E-state index is -0.499.